The van der Waals surface area contributed by atoms with Crippen molar-refractivity contribution in [1.82, 2.24) is 4.98 Å². The van der Waals surface area contributed by atoms with Gasteiger partial charge in [-0.1, -0.05) is 20.3 Å². The van der Waals surface area contributed by atoms with Crippen LogP contribution in [0.25, 0.3) is 0 Å². The van der Waals surface area contributed by atoms with Crippen molar-refractivity contribution in [2.45, 2.75) is 33.6 Å². The minimum atomic E-state index is 0.143. The van der Waals surface area contributed by atoms with Gasteiger partial charge in [-0.25, -0.2) is 4.98 Å². The van der Waals surface area contributed by atoms with Crippen LogP contribution < -0.4 is 0 Å². The molecular formula is C10H15NOS. The minimum Gasteiger partial charge on any atom is -0.293 e. The van der Waals surface area contributed by atoms with E-state index in [-0.39, 0.29) is 11.7 Å². The number of rotatable bonds is 4. The Hall–Kier alpha value is -0.700. The van der Waals surface area contributed by atoms with Crippen LogP contribution >= 0.6 is 11.3 Å². The Morgan fingerprint density at radius 2 is 2.38 bits per heavy atom. The second-order valence-electron chi connectivity index (χ2n) is 3.32. The molecule has 1 rings (SSSR count). The van der Waals surface area contributed by atoms with Crippen LogP contribution in [0.5, 0.6) is 0 Å². The molecule has 3 heteroatoms. The number of aromatic nitrogens is 1. The molecule has 0 aromatic carbocycles. The maximum absolute atomic E-state index is 11.8. The van der Waals surface area contributed by atoms with Gasteiger partial charge in [0.05, 0.1) is 16.1 Å². The Morgan fingerprint density at radius 3 is 2.85 bits per heavy atom. The first-order chi connectivity index (χ1) is 6.16. The lowest BCUT2D eigenvalue weighted by Gasteiger charge is -2.06. The lowest BCUT2D eigenvalue weighted by atomic mass is 9.99. The van der Waals surface area contributed by atoms with E-state index in [4.69, 9.17) is 0 Å². The lowest BCUT2D eigenvalue weighted by molar-refractivity contribution is 0.0927. The number of carbonyl (C=O) groups is 1. The number of thiazole rings is 1. The summed E-state index contributed by atoms with van der Waals surface area (Å²) in [5.41, 5.74) is 2.61. The topological polar surface area (TPSA) is 30.0 Å². The van der Waals surface area contributed by atoms with E-state index in [1.165, 1.54) is 11.3 Å². The summed E-state index contributed by atoms with van der Waals surface area (Å²) in [7, 11) is 0. The molecule has 72 valence electrons. The SMILES string of the molecule is CCCC(C)C(=O)c1scnc1C. The maximum atomic E-state index is 11.8. The molecule has 0 aliphatic carbocycles. The average molecular weight is 197 g/mol. The summed E-state index contributed by atoms with van der Waals surface area (Å²) < 4.78 is 0. The predicted molar refractivity (Wildman–Crippen MR) is 55.3 cm³/mol. The summed E-state index contributed by atoms with van der Waals surface area (Å²) in [6.45, 7) is 5.98. The standard InChI is InChI=1S/C10H15NOS/c1-4-5-7(2)9(12)10-8(3)11-6-13-10/h6-7H,4-5H2,1-3H3. The monoisotopic (exact) mass is 197 g/mol. The normalized spacial score (nSPS) is 12.8. The van der Waals surface area contributed by atoms with Crippen LogP contribution in [0.4, 0.5) is 0 Å². The molecule has 1 aromatic rings. The quantitative estimate of drug-likeness (QED) is 0.694. The van der Waals surface area contributed by atoms with Crippen molar-refractivity contribution >= 4 is 17.1 Å². The second kappa shape index (κ2) is 4.51. The molecule has 1 aromatic heterocycles. The van der Waals surface area contributed by atoms with Gasteiger partial charge in [0.25, 0.3) is 0 Å². The molecule has 0 N–H and O–H groups in total. The van der Waals surface area contributed by atoms with Gasteiger partial charge < -0.3 is 0 Å². The zero-order chi connectivity index (χ0) is 9.84. The zero-order valence-electron chi connectivity index (χ0n) is 8.33. The molecule has 0 saturated carbocycles. The van der Waals surface area contributed by atoms with Crippen molar-refractivity contribution in [3.63, 3.8) is 0 Å². The molecule has 0 bridgehead atoms. The van der Waals surface area contributed by atoms with Crippen molar-refractivity contribution in [3.05, 3.63) is 16.1 Å². The molecule has 1 heterocycles. The molecule has 0 aliphatic heterocycles. The highest BCUT2D eigenvalue weighted by Crippen LogP contribution is 2.19. The van der Waals surface area contributed by atoms with E-state index in [1.54, 1.807) is 5.51 Å². The summed E-state index contributed by atoms with van der Waals surface area (Å²) >= 11 is 1.45. The van der Waals surface area contributed by atoms with Crippen LogP contribution in [0.1, 0.15) is 42.1 Å². The molecule has 0 fully saturated rings. The number of hydrogen-bond acceptors (Lipinski definition) is 3. The van der Waals surface area contributed by atoms with Gasteiger partial charge in [-0.15, -0.1) is 11.3 Å². The molecule has 1 unspecified atom stereocenters. The summed E-state index contributed by atoms with van der Waals surface area (Å²) in [6.07, 6.45) is 2.03. The maximum Gasteiger partial charge on any atom is 0.177 e. The minimum absolute atomic E-state index is 0.143. The largest absolute Gasteiger partial charge is 0.293 e. The van der Waals surface area contributed by atoms with Crippen molar-refractivity contribution in [1.29, 1.82) is 0 Å². The molecule has 13 heavy (non-hydrogen) atoms. The van der Waals surface area contributed by atoms with E-state index in [2.05, 4.69) is 11.9 Å². The zero-order valence-corrected chi connectivity index (χ0v) is 9.15. The number of nitrogens with zero attached hydrogens (tertiary/aromatic N) is 1. The van der Waals surface area contributed by atoms with Crippen LogP contribution in [-0.2, 0) is 0 Å². The van der Waals surface area contributed by atoms with E-state index < -0.39 is 0 Å². The number of ketones is 1. The molecule has 0 amide bonds. The fraction of sp³-hybridized carbons (Fsp3) is 0.600. The Morgan fingerprint density at radius 1 is 1.69 bits per heavy atom. The fourth-order valence-electron chi connectivity index (χ4n) is 1.33. The van der Waals surface area contributed by atoms with Gasteiger partial charge >= 0.3 is 0 Å². The first kappa shape index (κ1) is 10.4. The van der Waals surface area contributed by atoms with E-state index >= 15 is 0 Å². The number of Topliss-reactive ketones (excluding diaryl/α,β-unsaturated/α-hetero) is 1. The number of carbonyl (C=O) groups excluding carboxylic acids is 1. The summed E-state index contributed by atoms with van der Waals surface area (Å²) in [5.74, 6) is 0.394. The second-order valence-corrected chi connectivity index (χ2v) is 4.18. The molecule has 0 radical (unpaired) electrons. The van der Waals surface area contributed by atoms with Crippen molar-refractivity contribution in [3.8, 4) is 0 Å². The Balaban J connectivity index is 2.73. The third-order valence-corrected chi connectivity index (χ3v) is 3.08. The first-order valence-corrected chi connectivity index (χ1v) is 5.49. The molecule has 0 aliphatic rings. The Kier molecular flexibility index (Phi) is 3.60. The molecule has 1 atom stereocenters. The summed E-state index contributed by atoms with van der Waals surface area (Å²) in [4.78, 5) is 16.7. The third kappa shape index (κ3) is 2.37. The molecule has 0 saturated heterocycles. The average Bonchev–Trinajstić information content (AvgIpc) is 2.50. The van der Waals surface area contributed by atoms with Crippen LogP contribution in [0, 0.1) is 12.8 Å². The first-order valence-electron chi connectivity index (χ1n) is 4.61. The highest BCUT2D eigenvalue weighted by molar-refractivity contribution is 7.11. The van der Waals surface area contributed by atoms with Crippen molar-refractivity contribution < 1.29 is 4.79 Å². The third-order valence-electron chi connectivity index (χ3n) is 2.14. The summed E-state index contributed by atoms with van der Waals surface area (Å²) in [5, 5.41) is 0. The molecular weight excluding hydrogens is 182 g/mol. The summed E-state index contributed by atoms with van der Waals surface area (Å²) in [6, 6.07) is 0. The van der Waals surface area contributed by atoms with Gasteiger partial charge in [0.2, 0.25) is 0 Å². The van der Waals surface area contributed by atoms with Gasteiger partial charge in [-0.2, -0.15) is 0 Å². The van der Waals surface area contributed by atoms with Crippen molar-refractivity contribution in [2.75, 3.05) is 0 Å². The molecule has 2 nitrogen and oxygen atoms in total. The highest BCUT2D eigenvalue weighted by Gasteiger charge is 2.17. The van der Waals surface area contributed by atoms with Gasteiger partial charge in [0.1, 0.15) is 0 Å². The van der Waals surface area contributed by atoms with Gasteiger partial charge in [-0.05, 0) is 13.3 Å². The predicted octanol–water partition coefficient (Wildman–Crippen LogP) is 3.07. The van der Waals surface area contributed by atoms with E-state index in [9.17, 15) is 4.79 Å². The van der Waals surface area contributed by atoms with Crippen LogP contribution in [-0.4, -0.2) is 10.8 Å². The fourth-order valence-corrected chi connectivity index (χ4v) is 2.18. The number of aryl methyl sites for hydroxylation is 1. The Labute approximate surface area is 83.0 Å². The van der Waals surface area contributed by atoms with E-state index in [0.717, 1.165) is 23.4 Å². The van der Waals surface area contributed by atoms with Gasteiger partial charge in [-0.3, -0.25) is 4.79 Å². The van der Waals surface area contributed by atoms with Crippen molar-refractivity contribution in [2.24, 2.45) is 5.92 Å². The van der Waals surface area contributed by atoms with E-state index in [1.807, 2.05) is 13.8 Å². The Bertz CT molecular complexity index is 293. The van der Waals surface area contributed by atoms with Crippen LogP contribution in [0.3, 0.4) is 0 Å². The number of hydrogen-bond donors (Lipinski definition) is 0. The van der Waals surface area contributed by atoms with E-state index in [0.29, 0.717) is 0 Å². The van der Waals surface area contributed by atoms with Gasteiger partial charge in [0.15, 0.2) is 5.78 Å². The van der Waals surface area contributed by atoms with Gasteiger partial charge in [0, 0.05) is 5.92 Å². The smallest absolute Gasteiger partial charge is 0.177 e. The highest BCUT2D eigenvalue weighted by atomic mass is 32.1. The van der Waals surface area contributed by atoms with Crippen LogP contribution in [0.2, 0.25) is 0 Å². The molecule has 0 spiro atoms. The lowest BCUT2D eigenvalue weighted by Crippen LogP contribution is -2.10. The van der Waals surface area contributed by atoms with Crippen LogP contribution in [0.15, 0.2) is 5.51 Å².